The van der Waals surface area contributed by atoms with Crippen molar-refractivity contribution in [2.24, 2.45) is 0 Å². The molecular formula is C14H23NO3. The van der Waals surface area contributed by atoms with Crippen LogP contribution >= 0.6 is 0 Å². The minimum atomic E-state index is -0.313. The minimum Gasteiger partial charge on any atom is -0.491 e. The highest BCUT2D eigenvalue weighted by Crippen LogP contribution is 2.22. The van der Waals surface area contributed by atoms with Gasteiger partial charge in [0.2, 0.25) is 0 Å². The van der Waals surface area contributed by atoms with E-state index in [1.54, 1.807) is 14.2 Å². The number of benzene rings is 1. The van der Waals surface area contributed by atoms with Gasteiger partial charge in [-0.15, -0.1) is 0 Å². The summed E-state index contributed by atoms with van der Waals surface area (Å²) >= 11 is 0. The second-order valence-electron chi connectivity index (χ2n) is 4.34. The number of methoxy groups -OCH3 is 2. The first-order valence-corrected chi connectivity index (χ1v) is 6.11. The first kappa shape index (κ1) is 15.0. The third-order valence-corrected chi connectivity index (χ3v) is 2.66. The molecule has 0 saturated heterocycles. The van der Waals surface area contributed by atoms with E-state index in [0.29, 0.717) is 0 Å². The van der Waals surface area contributed by atoms with Gasteiger partial charge >= 0.3 is 0 Å². The average Bonchev–Trinajstić information content (AvgIpc) is 2.36. The van der Waals surface area contributed by atoms with Gasteiger partial charge in [0, 0.05) is 14.2 Å². The zero-order valence-electron chi connectivity index (χ0n) is 11.8. The lowest BCUT2D eigenvalue weighted by Gasteiger charge is -2.24. The fourth-order valence-corrected chi connectivity index (χ4v) is 1.85. The van der Waals surface area contributed by atoms with Crippen molar-refractivity contribution in [3.63, 3.8) is 0 Å². The van der Waals surface area contributed by atoms with Gasteiger partial charge < -0.3 is 19.5 Å². The van der Waals surface area contributed by atoms with Gasteiger partial charge in [0.25, 0.3) is 0 Å². The first-order chi connectivity index (χ1) is 8.62. The number of hydrogen-bond acceptors (Lipinski definition) is 4. The molecule has 1 unspecified atom stereocenters. The molecule has 0 aliphatic carbocycles. The minimum absolute atomic E-state index is 0.00639. The smallest absolute Gasteiger partial charge is 0.176 e. The summed E-state index contributed by atoms with van der Waals surface area (Å²) < 4.78 is 16.2. The summed E-state index contributed by atoms with van der Waals surface area (Å²) in [5.74, 6) is 0.870. The lowest BCUT2D eigenvalue weighted by molar-refractivity contribution is -0.123. The van der Waals surface area contributed by atoms with Gasteiger partial charge in [-0.3, -0.25) is 0 Å². The van der Waals surface area contributed by atoms with Gasteiger partial charge in [-0.25, -0.2) is 0 Å². The Morgan fingerprint density at radius 2 is 1.56 bits per heavy atom. The Bertz CT molecular complexity index is 333. The molecule has 0 saturated carbocycles. The number of likely N-dealkylation sites (N-methyl/N-ethyl adjacent to an activating group) is 1. The van der Waals surface area contributed by atoms with Crippen molar-refractivity contribution in [1.82, 2.24) is 5.32 Å². The molecule has 0 aromatic heterocycles. The fraction of sp³-hybridized carbons (Fsp3) is 0.571. The Balaban J connectivity index is 2.81. The number of ether oxygens (including phenoxy) is 3. The average molecular weight is 253 g/mol. The summed E-state index contributed by atoms with van der Waals surface area (Å²) in [5, 5.41) is 3.19. The van der Waals surface area contributed by atoms with Crippen LogP contribution in [0.3, 0.4) is 0 Å². The van der Waals surface area contributed by atoms with Crippen LogP contribution in [0.15, 0.2) is 24.3 Å². The van der Waals surface area contributed by atoms with Gasteiger partial charge in [-0.05, 0) is 38.6 Å². The molecule has 1 atom stereocenters. The molecule has 18 heavy (non-hydrogen) atoms. The molecule has 0 heterocycles. The molecule has 1 aromatic rings. The van der Waals surface area contributed by atoms with Crippen molar-refractivity contribution in [2.75, 3.05) is 21.3 Å². The van der Waals surface area contributed by atoms with Crippen molar-refractivity contribution in [2.45, 2.75) is 32.3 Å². The van der Waals surface area contributed by atoms with Crippen molar-refractivity contribution >= 4 is 0 Å². The van der Waals surface area contributed by atoms with Gasteiger partial charge in [0.1, 0.15) is 5.75 Å². The van der Waals surface area contributed by atoms with Crippen LogP contribution in [0.2, 0.25) is 0 Å². The Morgan fingerprint density at radius 3 is 1.94 bits per heavy atom. The second kappa shape index (κ2) is 7.36. The van der Waals surface area contributed by atoms with Crippen LogP contribution in [0.25, 0.3) is 0 Å². The van der Waals surface area contributed by atoms with E-state index in [9.17, 15) is 0 Å². The van der Waals surface area contributed by atoms with Gasteiger partial charge in [-0.1, -0.05) is 12.1 Å². The molecule has 0 fully saturated rings. The predicted molar refractivity (Wildman–Crippen MR) is 71.8 cm³/mol. The zero-order valence-corrected chi connectivity index (χ0v) is 11.8. The largest absolute Gasteiger partial charge is 0.491 e. The molecule has 1 N–H and O–H groups in total. The highest BCUT2D eigenvalue weighted by atomic mass is 16.7. The van der Waals surface area contributed by atoms with Crippen LogP contribution in [0.5, 0.6) is 5.75 Å². The Morgan fingerprint density at radius 1 is 1.00 bits per heavy atom. The summed E-state index contributed by atoms with van der Waals surface area (Å²) in [5.41, 5.74) is 1.10. The monoisotopic (exact) mass is 253 g/mol. The molecule has 0 radical (unpaired) electrons. The summed E-state index contributed by atoms with van der Waals surface area (Å²) in [4.78, 5) is 0. The summed E-state index contributed by atoms with van der Waals surface area (Å²) in [6.45, 7) is 4.02. The maximum atomic E-state index is 5.61. The highest BCUT2D eigenvalue weighted by Gasteiger charge is 2.20. The molecule has 1 rings (SSSR count). The molecule has 0 aliphatic rings. The van der Waals surface area contributed by atoms with Crippen molar-refractivity contribution in [3.05, 3.63) is 29.8 Å². The van der Waals surface area contributed by atoms with Crippen LogP contribution in [0, 0.1) is 0 Å². The van der Waals surface area contributed by atoms with Crippen LogP contribution < -0.4 is 10.1 Å². The van der Waals surface area contributed by atoms with E-state index in [1.807, 2.05) is 45.2 Å². The molecular weight excluding hydrogens is 230 g/mol. The van der Waals surface area contributed by atoms with Crippen LogP contribution in [0.4, 0.5) is 0 Å². The Kier molecular flexibility index (Phi) is 6.12. The van der Waals surface area contributed by atoms with E-state index >= 15 is 0 Å². The maximum absolute atomic E-state index is 5.61. The number of nitrogens with one attached hydrogen (secondary N) is 1. The van der Waals surface area contributed by atoms with E-state index in [-0.39, 0.29) is 18.4 Å². The standard InChI is InChI=1S/C14H23NO3/c1-10(2)18-12-8-6-11(7-9-12)13(15-3)14(16-4)17-5/h6-10,13-15H,1-5H3. The first-order valence-electron chi connectivity index (χ1n) is 6.11. The zero-order chi connectivity index (χ0) is 13.5. The predicted octanol–water partition coefficient (Wildman–Crippen LogP) is 2.35. The third-order valence-electron chi connectivity index (χ3n) is 2.66. The summed E-state index contributed by atoms with van der Waals surface area (Å²) in [6.07, 6.45) is -0.131. The molecule has 4 nitrogen and oxygen atoms in total. The van der Waals surface area contributed by atoms with Crippen LogP contribution in [0.1, 0.15) is 25.5 Å². The summed E-state index contributed by atoms with van der Waals surface area (Å²) in [6, 6.07) is 7.95. The van der Waals surface area contributed by atoms with Crippen LogP contribution in [-0.4, -0.2) is 33.7 Å². The normalized spacial score (nSPS) is 13.1. The van der Waals surface area contributed by atoms with E-state index in [2.05, 4.69) is 5.32 Å². The van der Waals surface area contributed by atoms with E-state index in [1.165, 1.54) is 0 Å². The van der Waals surface area contributed by atoms with Crippen molar-refractivity contribution in [1.29, 1.82) is 0 Å². The highest BCUT2D eigenvalue weighted by molar-refractivity contribution is 5.29. The van der Waals surface area contributed by atoms with Crippen LogP contribution in [-0.2, 0) is 9.47 Å². The maximum Gasteiger partial charge on any atom is 0.176 e. The fourth-order valence-electron chi connectivity index (χ4n) is 1.85. The molecule has 102 valence electrons. The van der Waals surface area contributed by atoms with Gasteiger partial charge in [-0.2, -0.15) is 0 Å². The summed E-state index contributed by atoms with van der Waals surface area (Å²) in [7, 11) is 5.15. The lowest BCUT2D eigenvalue weighted by Crippen LogP contribution is -2.32. The van der Waals surface area contributed by atoms with Gasteiger partial charge in [0.05, 0.1) is 12.1 Å². The molecule has 0 bridgehead atoms. The molecule has 4 heteroatoms. The van der Waals surface area contributed by atoms with Crippen molar-refractivity contribution < 1.29 is 14.2 Å². The third kappa shape index (κ3) is 3.98. The molecule has 0 spiro atoms. The lowest BCUT2D eigenvalue weighted by atomic mass is 10.1. The quantitative estimate of drug-likeness (QED) is 0.757. The van der Waals surface area contributed by atoms with E-state index in [0.717, 1.165) is 11.3 Å². The SMILES string of the molecule is CNC(c1ccc(OC(C)C)cc1)C(OC)OC. The van der Waals surface area contributed by atoms with E-state index < -0.39 is 0 Å². The Hall–Kier alpha value is -1.10. The number of hydrogen-bond donors (Lipinski definition) is 1. The Labute approximate surface area is 109 Å². The molecule has 0 amide bonds. The molecule has 1 aromatic carbocycles. The van der Waals surface area contributed by atoms with E-state index in [4.69, 9.17) is 14.2 Å². The topological polar surface area (TPSA) is 39.7 Å². The number of rotatable bonds is 7. The molecule has 0 aliphatic heterocycles. The van der Waals surface area contributed by atoms with Crippen molar-refractivity contribution in [3.8, 4) is 5.75 Å². The van der Waals surface area contributed by atoms with Gasteiger partial charge in [0.15, 0.2) is 6.29 Å². The second-order valence-corrected chi connectivity index (χ2v) is 4.34.